The average molecular weight is 258 g/mol. The van der Waals surface area contributed by atoms with Crippen LogP contribution in [0.15, 0.2) is 12.1 Å². The van der Waals surface area contributed by atoms with E-state index < -0.39 is 33.5 Å². The molecule has 1 aromatic carbocycles. The third-order valence-corrected chi connectivity index (χ3v) is 3.24. The molecule has 5 nitrogen and oxygen atoms in total. The summed E-state index contributed by atoms with van der Waals surface area (Å²) in [6, 6.07) is 1.32. The van der Waals surface area contributed by atoms with Gasteiger partial charge < -0.3 is 10.4 Å². The van der Waals surface area contributed by atoms with Crippen molar-refractivity contribution in [3.8, 4) is 0 Å². The fourth-order valence-corrected chi connectivity index (χ4v) is 1.98. The highest BCUT2D eigenvalue weighted by atomic mass is 19.1. The van der Waals surface area contributed by atoms with Gasteiger partial charge >= 0.3 is 0 Å². The zero-order chi connectivity index (χ0) is 13.3. The van der Waals surface area contributed by atoms with E-state index in [4.69, 9.17) is 0 Å². The van der Waals surface area contributed by atoms with Crippen LogP contribution in [0.2, 0.25) is 0 Å². The van der Waals surface area contributed by atoms with E-state index >= 15 is 0 Å². The lowest BCUT2D eigenvalue weighted by atomic mass is 9.77. The first-order valence-electron chi connectivity index (χ1n) is 5.50. The van der Waals surface area contributed by atoms with E-state index in [1.54, 1.807) is 0 Å². The molecule has 0 aromatic heterocycles. The fraction of sp³-hybridized carbons (Fsp3) is 0.455. The predicted molar refractivity (Wildman–Crippen MR) is 60.3 cm³/mol. The molecule has 1 aliphatic carbocycles. The molecule has 7 heteroatoms. The number of halogens is 2. The van der Waals surface area contributed by atoms with Crippen molar-refractivity contribution < 1.29 is 18.8 Å². The Balaban J connectivity index is 2.31. The lowest BCUT2D eigenvalue weighted by molar-refractivity contribution is -0.385. The highest BCUT2D eigenvalue weighted by molar-refractivity contribution is 5.53. The summed E-state index contributed by atoms with van der Waals surface area (Å²) in [7, 11) is 0. The second kappa shape index (κ2) is 4.49. The Morgan fingerprint density at radius 2 is 1.94 bits per heavy atom. The van der Waals surface area contributed by atoms with Gasteiger partial charge in [0, 0.05) is 0 Å². The van der Waals surface area contributed by atoms with Crippen molar-refractivity contribution in [3.05, 3.63) is 33.9 Å². The maximum Gasteiger partial charge on any atom is 0.275 e. The second-order valence-corrected chi connectivity index (χ2v) is 4.46. The lowest BCUT2D eigenvalue weighted by Gasteiger charge is -2.41. The minimum atomic E-state index is -1.03. The van der Waals surface area contributed by atoms with E-state index in [-0.39, 0.29) is 6.61 Å². The Morgan fingerprint density at radius 3 is 2.28 bits per heavy atom. The summed E-state index contributed by atoms with van der Waals surface area (Å²) in [5.41, 5.74) is -1.77. The molecule has 2 rings (SSSR count). The highest BCUT2D eigenvalue weighted by Gasteiger charge is 2.37. The van der Waals surface area contributed by atoms with Crippen LogP contribution in [0.3, 0.4) is 0 Å². The first-order valence-corrected chi connectivity index (χ1v) is 5.50. The zero-order valence-corrected chi connectivity index (χ0v) is 9.45. The first kappa shape index (κ1) is 12.7. The fourth-order valence-electron chi connectivity index (χ4n) is 1.98. The van der Waals surface area contributed by atoms with Crippen LogP contribution >= 0.6 is 0 Å². The molecule has 0 radical (unpaired) electrons. The van der Waals surface area contributed by atoms with Crippen molar-refractivity contribution in [2.24, 2.45) is 0 Å². The Morgan fingerprint density at radius 1 is 1.39 bits per heavy atom. The van der Waals surface area contributed by atoms with Gasteiger partial charge in [-0.1, -0.05) is 0 Å². The van der Waals surface area contributed by atoms with E-state index in [9.17, 15) is 24.0 Å². The zero-order valence-electron chi connectivity index (χ0n) is 9.45. The van der Waals surface area contributed by atoms with E-state index in [0.717, 1.165) is 6.42 Å². The largest absolute Gasteiger partial charge is 0.394 e. The van der Waals surface area contributed by atoms with Crippen molar-refractivity contribution >= 4 is 11.4 Å². The van der Waals surface area contributed by atoms with Gasteiger partial charge in [0.1, 0.15) is 5.69 Å². The molecule has 2 N–H and O–H groups in total. The standard InChI is InChI=1S/C11H12F2N2O3/c12-8-4-7(15(17)18)5-9(13)10(8)14-11(6-16)2-1-3-11/h4-5,14,16H,1-3,6H2. The number of benzene rings is 1. The van der Waals surface area contributed by atoms with Crippen molar-refractivity contribution in [2.45, 2.75) is 24.8 Å². The number of rotatable bonds is 4. The van der Waals surface area contributed by atoms with Gasteiger partial charge in [0.05, 0.1) is 29.2 Å². The van der Waals surface area contributed by atoms with Crippen LogP contribution in [0.1, 0.15) is 19.3 Å². The second-order valence-electron chi connectivity index (χ2n) is 4.46. The van der Waals surface area contributed by atoms with Crippen LogP contribution in [0.5, 0.6) is 0 Å². The van der Waals surface area contributed by atoms with E-state index in [1.807, 2.05) is 0 Å². The number of anilines is 1. The van der Waals surface area contributed by atoms with Crippen LogP contribution in [0.4, 0.5) is 20.2 Å². The van der Waals surface area contributed by atoms with Gasteiger partial charge in [-0.3, -0.25) is 10.1 Å². The smallest absolute Gasteiger partial charge is 0.275 e. The summed E-state index contributed by atoms with van der Waals surface area (Å²) in [6.45, 7) is -0.233. The van der Waals surface area contributed by atoms with Crippen LogP contribution in [0, 0.1) is 21.7 Å². The van der Waals surface area contributed by atoms with E-state index in [1.165, 1.54) is 0 Å². The number of aliphatic hydroxyl groups is 1. The number of aliphatic hydroxyl groups excluding tert-OH is 1. The number of nitro groups is 1. The van der Waals surface area contributed by atoms with Gasteiger partial charge in [-0.25, -0.2) is 8.78 Å². The van der Waals surface area contributed by atoms with E-state index in [0.29, 0.717) is 25.0 Å². The van der Waals surface area contributed by atoms with Crippen molar-refractivity contribution in [1.29, 1.82) is 0 Å². The van der Waals surface area contributed by atoms with Gasteiger partial charge in [0.25, 0.3) is 5.69 Å². The quantitative estimate of drug-likeness (QED) is 0.641. The van der Waals surface area contributed by atoms with Gasteiger partial charge in [-0.15, -0.1) is 0 Å². The van der Waals surface area contributed by atoms with Crippen molar-refractivity contribution in [2.75, 3.05) is 11.9 Å². The third kappa shape index (κ3) is 2.13. The van der Waals surface area contributed by atoms with Gasteiger partial charge in [0.2, 0.25) is 0 Å². The number of hydrogen-bond acceptors (Lipinski definition) is 4. The molecule has 0 unspecified atom stereocenters. The topological polar surface area (TPSA) is 75.4 Å². The molecule has 0 amide bonds. The molecule has 18 heavy (non-hydrogen) atoms. The molecule has 1 aromatic rings. The molecule has 1 saturated carbocycles. The highest BCUT2D eigenvalue weighted by Crippen LogP contribution is 2.37. The number of nitrogens with zero attached hydrogens (tertiary/aromatic N) is 1. The normalized spacial score (nSPS) is 17.1. The Kier molecular flexibility index (Phi) is 3.16. The van der Waals surface area contributed by atoms with Gasteiger partial charge in [-0.05, 0) is 19.3 Å². The molecular formula is C11H12F2N2O3. The first-order chi connectivity index (χ1) is 8.47. The van der Waals surface area contributed by atoms with Gasteiger partial charge in [0.15, 0.2) is 11.6 Å². The van der Waals surface area contributed by atoms with Crippen LogP contribution in [0.25, 0.3) is 0 Å². The Labute approximate surface area is 102 Å². The third-order valence-electron chi connectivity index (χ3n) is 3.24. The van der Waals surface area contributed by atoms with Crippen molar-refractivity contribution in [3.63, 3.8) is 0 Å². The van der Waals surface area contributed by atoms with E-state index in [2.05, 4.69) is 5.32 Å². The van der Waals surface area contributed by atoms with Crippen molar-refractivity contribution in [1.82, 2.24) is 0 Å². The summed E-state index contributed by atoms with van der Waals surface area (Å²) in [4.78, 5) is 9.58. The summed E-state index contributed by atoms with van der Waals surface area (Å²) >= 11 is 0. The monoisotopic (exact) mass is 258 g/mol. The Bertz CT molecular complexity index is 461. The average Bonchev–Trinajstić information content (AvgIpc) is 2.26. The van der Waals surface area contributed by atoms with Crippen LogP contribution in [-0.4, -0.2) is 22.2 Å². The maximum absolute atomic E-state index is 13.6. The molecule has 98 valence electrons. The molecule has 1 fully saturated rings. The van der Waals surface area contributed by atoms with Gasteiger partial charge in [-0.2, -0.15) is 0 Å². The minimum Gasteiger partial charge on any atom is -0.394 e. The summed E-state index contributed by atoms with van der Waals surface area (Å²) in [6.07, 6.45) is 2.09. The number of nitrogens with one attached hydrogen (secondary N) is 1. The molecule has 0 spiro atoms. The summed E-state index contributed by atoms with van der Waals surface area (Å²) < 4.78 is 27.2. The number of nitro benzene ring substituents is 1. The molecule has 0 saturated heterocycles. The molecule has 0 bridgehead atoms. The minimum absolute atomic E-state index is 0.233. The maximum atomic E-state index is 13.6. The predicted octanol–water partition coefficient (Wildman–Crippen LogP) is 2.20. The summed E-state index contributed by atoms with van der Waals surface area (Å²) in [5, 5.41) is 22.3. The van der Waals surface area contributed by atoms with Crippen LogP contribution in [-0.2, 0) is 0 Å². The molecule has 0 heterocycles. The van der Waals surface area contributed by atoms with Crippen LogP contribution < -0.4 is 5.32 Å². The molecule has 1 aliphatic rings. The SMILES string of the molecule is O=[N+]([O-])c1cc(F)c(NC2(CO)CCC2)c(F)c1. The summed E-state index contributed by atoms with van der Waals surface area (Å²) in [5.74, 6) is -2.05. The lowest BCUT2D eigenvalue weighted by Crippen LogP contribution is -2.48. The number of non-ortho nitro benzene ring substituents is 1. The number of hydrogen-bond donors (Lipinski definition) is 2. The molecule has 0 aliphatic heterocycles. The molecule has 0 atom stereocenters. The molecular weight excluding hydrogens is 246 g/mol. The Hall–Kier alpha value is -1.76.